The van der Waals surface area contributed by atoms with E-state index in [0.717, 1.165) is 22.4 Å². The molecule has 4 heteroatoms. The van der Waals surface area contributed by atoms with Gasteiger partial charge in [0, 0.05) is 11.8 Å². The molecule has 0 saturated heterocycles. The highest BCUT2D eigenvalue weighted by atomic mass is 16.5. The fraction of sp³-hybridized carbons (Fsp3) is 0.200. The third kappa shape index (κ3) is 2.57. The minimum absolute atomic E-state index is 0.314. The van der Waals surface area contributed by atoms with Crippen LogP contribution >= 0.6 is 0 Å². The lowest BCUT2D eigenvalue weighted by Crippen LogP contribution is -2.06. The molecule has 0 atom stereocenters. The van der Waals surface area contributed by atoms with Gasteiger partial charge in [-0.25, -0.2) is 9.78 Å². The van der Waals surface area contributed by atoms with Crippen LogP contribution in [0.2, 0.25) is 0 Å². The lowest BCUT2D eigenvalue weighted by atomic mass is 10.0. The molecule has 0 spiro atoms. The van der Waals surface area contributed by atoms with Gasteiger partial charge in [0.15, 0.2) is 5.69 Å². The summed E-state index contributed by atoms with van der Waals surface area (Å²) < 4.78 is 9.97. The van der Waals surface area contributed by atoms with Gasteiger partial charge < -0.3 is 9.47 Å². The van der Waals surface area contributed by atoms with Crippen LogP contribution in [0, 0.1) is 6.92 Å². The van der Waals surface area contributed by atoms with E-state index < -0.39 is 5.97 Å². The first-order valence-corrected chi connectivity index (χ1v) is 5.85. The number of rotatable bonds is 3. The summed E-state index contributed by atoms with van der Waals surface area (Å²) in [5.41, 5.74) is 2.97. The summed E-state index contributed by atoms with van der Waals surface area (Å²) in [4.78, 5) is 15.8. The maximum Gasteiger partial charge on any atom is 0.357 e. The quantitative estimate of drug-likeness (QED) is 0.793. The van der Waals surface area contributed by atoms with E-state index in [1.165, 1.54) is 7.11 Å². The van der Waals surface area contributed by atoms with E-state index in [1.54, 1.807) is 19.4 Å². The molecule has 1 aromatic carbocycles. The lowest BCUT2D eigenvalue weighted by molar-refractivity contribution is 0.0595. The van der Waals surface area contributed by atoms with Crippen molar-refractivity contribution in [3.63, 3.8) is 0 Å². The van der Waals surface area contributed by atoms with Crippen molar-refractivity contribution in [2.75, 3.05) is 14.2 Å². The number of aryl methyl sites for hydroxylation is 1. The molecule has 0 aliphatic carbocycles. The number of pyridine rings is 1. The van der Waals surface area contributed by atoms with Gasteiger partial charge in [0.05, 0.1) is 14.2 Å². The molecular weight excluding hydrogens is 242 g/mol. The van der Waals surface area contributed by atoms with E-state index in [-0.39, 0.29) is 0 Å². The number of hydrogen-bond donors (Lipinski definition) is 0. The average molecular weight is 257 g/mol. The van der Waals surface area contributed by atoms with Crippen molar-refractivity contribution >= 4 is 5.97 Å². The third-order valence-electron chi connectivity index (χ3n) is 2.89. The molecule has 98 valence electrons. The summed E-state index contributed by atoms with van der Waals surface area (Å²) in [6.07, 6.45) is 1.58. The van der Waals surface area contributed by atoms with Gasteiger partial charge >= 0.3 is 5.97 Å². The fourth-order valence-electron chi connectivity index (χ4n) is 1.94. The number of hydrogen-bond acceptors (Lipinski definition) is 4. The average Bonchev–Trinajstić information content (AvgIpc) is 2.46. The Morgan fingerprint density at radius 2 is 2.00 bits per heavy atom. The Morgan fingerprint density at radius 3 is 2.63 bits per heavy atom. The van der Waals surface area contributed by atoms with Crippen LogP contribution < -0.4 is 4.74 Å². The van der Waals surface area contributed by atoms with Gasteiger partial charge in [-0.3, -0.25) is 0 Å². The number of ether oxygens (including phenoxy) is 2. The van der Waals surface area contributed by atoms with E-state index in [4.69, 9.17) is 9.47 Å². The van der Waals surface area contributed by atoms with Gasteiger partial charge in [0.1, 0.15) is 5.75 Å². The van der Waals surface area contributed by atoms with Gasteiger partial charge in [-0.1, -0.05) is 12.1 Å². The molecule has 0 amide bonds. The normalized spacial score (nSPS) is 10.1. The zero-order valence-corrected chi connectivity index (χ0v) is 11.1. The van der Waals surface area contributed by atoms with E-state index in [0.29, 0.717) is 5.69 Å². The molecule has 0 aliphatic heterocycles. The monoisotopic (exact) mass is 257 g/mol. The van der Waals surface area contributed by atoms with Crippen LogP contribution in [-0.2, 0) is 4.74 Å². The summed E-state index contributed by atoms with van der Waals surface area (Å²) in [5, 5.41) is 0. The maximum atomic E-state index is 11.7. The summed E-state index contributed by atoms with van der Waals surface area (Å²) in [6, 6.07) is 9.37. The van der Waals surface area contributed by atoms with Gasteiger partial charge in [-0.15, -0.1) is 0 Å². The summed E-state index contributed by atoms with van der Waals surface area (Å²) in [7, 11) is 2.98. The third-order valence-corrected chi connectivity index (χ3v) is 2.89. The minimum atomic E-state index is -0.441. The second-order valence-corrected chi connectivity index (χ2v) is 4.08. The second kappa shape index (κ2) is 5.52. The standard InChI is InChI=1S/C15H15NO3/c1-10-9-11(6-7-13(10)18-2)12-5-4-8-16-14(12)15(17)19-3/h4-9H,1-3H3. The number of nitrogens with zero attached hydrogens (tertiary/aromatic N) is 1. The number of carbonyl (C=O) groups excluding carboxylic acids is 1. The largest absolute Gasteiger partial charge is 0.496 e. The molecule has 19 heavy (non-hydrogen) atoms. The first-order chi connectivity index (χ1) is 9.17. The van der Waals surface area contributed by atoms with Crippen molar-refractivity contribution in [3.8, 4) is 16.9 Å². The minimum Gasteiger partial charge on any atom is -0.496 e. The first kappa shape index (κ1) is 13.1. The van der Waals surface area contributed by atoms with Crippen LogP contribution in [0.4, 0.5) is 0 Å². The summed E-state index contributed by atoms with van der Waals surface area (Å²) >= 11 is 0. The van der Waals surface area contributed by atoms with Crippen LogP contribution in [0.3, 0.4) is 0 Å². The van der Waals surface area contributed by atoms with Gasteiger partial charge in [0.25, 0.3) is 0 Å². The van der Waals surface area contributed by atoms with Crippen molar-refractivity contribution in [1.29, 1.82) is 0 Å². The SMILES string of the molecule is COC(=O)c1ncccc1-c1ccc(OC)c(C)c1. The van der Waals surface area contributed by atoms with Crippen LogP contribution in [0.1, 0.15) is 16.1 Å². The highest BCUT2D eigenvalue weighted by molar-refractivity contribution is 5.95. The predicted molar refractivity (Wildman–Crippen MR) is 72.3 cm³/mol. The number of aromatic nitrogens is 1. The number of benzene rings is 1. The Hall–Kier alpha value is -2.36. The molecular formula is C15H15NO3. The molecule has 2 rings (SSSR count). The Bertz CT molecular complexity index is 608. The summed E-state index contributed by atoms with van der Waals surface area (Å²) in [5.74, 6) is 0.372. The Balaban J connectivity index is 2.53. The molecule has 0 aliphatic rings. The molecule has 0 radical (unpaired) electrons. The summed E-state index contributed by atoms with van der Waals surface area (Å²) in [6.45, 7) is 1.95. The molecule has 0 unspecified atom stereocenters. The van der Waals surface area contributed by atoms with Crippen LogP contribution in [-0.4, -0.2) is 25.2 Å². The lowest BCUT2D eigenvalue weighted by Gasteiger charge is -2.10. The van der Waals surface area contributed by atoms with E-state index in [2.05, 4.69) is 4.98 Å². The van der Waals surface area contributed by atoms with E-state index in [1.807, 2.05) is 31.2 Å². The Morgan fingerprint density at radius 1 is 1.21 bits per heavy atom. The predicted octanol–water partition coefficient (Wildman–Crippen LogP) is 2.85. The molecule has 0 saturated carbocycles. The van der Waals surface area contributed by atoms with E-state index >= 15 is 0 Å². The Kier molecular flexibility index (Phi) is 3.80. The highest BCUT2D eigenvalue weighted by Crippen LogP contribution is 2.27. The van der Waals surface area contributed by atoms with Crippen LogP contribution in [0.5, 0.6) is 5.75 Å². The Labute approximate surface area is 112 Å². The van der Waals surface area contributed by atoms with E-state index in [9.17, 15) is 4.79 Å². The maximum absolute atomic E-state index is 11.7. The van der Waals surface area contributed by atoms with Crippen molar-refractivity contribution in [3.05, 3.63) is 47.8 Å². The number of carbonyl (C=O) groups is 1. The smallest absolute Gasteiger partial charge is 0.357 e. The van der Waals surface area contributed by atoms with Crippen molar-refractivity contribution in [2.45, 2.75) is 6.92 Å². The van der Waals surface area contributed by atoms with Gasteiger partial charge in [-0.05, 0) is 36.2 Å². The number of esters is 1. The zero-order chi connectivity index (χ0) is 13.8. The van der Waals surface area contributed by atoms with Crippen molar-refractivity contribution in [2.24, 2.45) is 0 Å². The van der Waals surface area contributed by atoms with Crippen molar-refractivity contribution in [1.82, 2.24) is 4.98 Å². The van der Waals surface area contributed by atoms with Crippen LogP contribution in [0.15, 0.2) is 36.5 Å². The molecule has 0 N–H and O–H groups in total. The molecule has 2 aromatic rings. The second-order valence-electron chi connectivity index (χ2n) is 4.08. The zero-order valence-electron chi connectivity index (χ0n) is 11.1. The van der Waals surface area contributed by atoms with Crippen molar-refractivity contribution < 1.29 is 14.3 Å². The van der Waals surface area contributed by atoms with Crippen LogP contribution in [0.25, 0.3) is 11.1 Å². The van der Waals surface area contributed by atoms with Gasteiger partial charge in [-0.2, -0.15) is 0 Å². The number of methoxy groups -OCH3 is 2. The fourth-order valence-corrected chi connectivity index (χ4v) is 1.94. The van der Waals surface area contributed by atoms with Gasteiger partial charge in [0.2, 0.25) is 0 Å². The first-order valence-electron chi connectivity index (χ1n) is 5.85. The topological polar surface area (TPSA) is 48.4 Å². The molecule has 0 bridgehead atoms. The molecule has 4 nitrogen and oxygen atoms in total. The molecule has 1 aromatic heterocycles. The molecule has 1 heterocycles. The highest BCUT2D eigenvalue weighted by Gasteiger charge is 2.14. The molecule has 0 fully saturated rings.